The van der Waals surface area contributed by atoms with Crippen molar-refractivity contribution in [2.24, 2.45) is 0 Å². The van der Waals surface area contributed by atoms with Gasteiger partial charge >= 0.3 is 0 Å². The zero-order valence-electron chi connectivity index (χ0n) is 19.4. The second-order valence-electron chi connectivity index (χ2n) is 8.84. The number of H-pyrrole nitrogens is 1. The third-order valence-electron chi connectivity index (χ3n) is 6.44. The second kappa shape index (κ2) is 9.75. The lowest BCUT2D eigenvalue weighted by Gasteiger charge is -2.32. The number of carbonyl (C=O) groups is 1. The minimum absolute atomic E-state index is 0.0780. The van der Waals surface area contributed by atoms with Crippen LogP contribution >= 0.6 is 0 Å². The molecule has 1 aliphatic heterocycles. The molecule has 2 aromatic heterocycles. The molecule has 4 aromatic rings. The largest absolute Gasteiger partial charge is 0.396 e. The summed E-state index contributed by atoms with van der Waals surface area (Å²) < 4.78 is 0. The lowest BCUT2D eigenvalue weighted by atomic mass is 10.0. The van der Waals surface area contributed by atoms with E-state index in [0.717, 1.165) is 72.7 Å². The Kier molecular flexibility index (Phi) is 6.38. The highest BCUT2D eigenvalue weighted by molar-refractivity contribution is 5.95. The van der Waals surface area contributed by atoms with E-state index in [2.05, 4.69) is 40.1 Å². The van der Waals surface area contributed by atoms with Gasteiger partial charge in [0.05, 0.1) is 0 Å². The summed E-state index contributed by atoms with van der Waals surface area (Å²) in [6, 6.07) is 18.0. The van der Waals surface area contributed by atoms with Crippen LogP contribution in [0, 0.1) is 0 Å². The topological polar surface area (TPSA) is 85.3 Å². The molecule has 0 saturated carbocycles. The molecular weight excluding hydrogens is 426 g/mol. The quantitative estimate of drug-likeness (QED) is 0.464. The normalized spacial score (nSPS) is 14.6. The number of carbonyl (C=O) groups excluding carboxylic acids is 1. The minimum Gasteiger partial charge on any atom is -0.396 e. The van der Waals surface area contributed by atoms with Crippen LogP contribution in [0.25, 0.3) is 33.7 Å². The molecule has 7 heteroatoms. The molecule has 174 valence electrons. The maximum Gasteiger partial charge on any atom is 0.253 e. The number of benzene rings is 2. The number of fused-ring (bicyclic) bond motifs is 1. The summed E-state index contributed by atoms with van der Waals surface area (Å²) in [6.45, 7) is 3.52. The van der Waals surface area contributed by atoms with Gasteiger partial charge in [0.2, 0.25) is 0 Å². The number of imidazole rings is 1. The number of aryl methyl sites for hydroxylation is 1. The number of aromatic nitrogens is 3. The fourth-order valence-electron chi connectivity index (χ4n) is 4.42. The maximum absolute atomic E-state index is 12.9. The first-order valence-corrected chi connectivity index (χ1v) is 11.8. The van der Waals surface area contributed by atoms with Gasteiger partial charge in [-0.2, -0.15) is 0 Å². The summed E-state index contributed by atoms with van der Waals surface area (Å²) in [7, 11) is 2.08. The van der Waals surface area contributed by atoms with Crippen molar-refractivity contribution in [3.8, 4) is 22.5 Å². The van der Waals surface area contributed by atoms with E-state index in [1.807, 2.05) is 41.3 Å². The first-order valence-electron chi connectivity index (χ1n) is 11.8. The van der Waals surface area contributed by atoms with Gasteiger partial charge in [-0.1, -0.05) is 36.4 Å². The highest BCUT2D eigenvalue weighted by Gasteiger charge is 2.20. The fraction of sp³-hybridized carbons (Fsp3) is 0.296. The highest BCUT2D eigenvalue weighted by Crippen LogP contribution is 2.29. The fourth-order valence-corrected chi connectivity index (χ4v) is 4.42. The van der Waals surface area contributed by atoms with Crippen LogP contribution in [0.5, 0.6) is 0 Å². The number of hydrogen-bond acceptors (Lipinski definition) is 5. The van der Waals surface area contributed by atoms with E-state index in [0.29, 0.717) is 5.56 Å². The first kappa shape index (κ1) is 22.3. The number of rotatable bonds is 6. The van der Waals surface area contributed by atoms with E-state index in [1.165, 1.54) is 5.56 Å². The number of aliphatic hydroxyl groups excluding tert-OH is 1. The molecule has 34 heavy (non-hydrogen) atoms. The number of amides is 1. The molecule has 7 nitrogen and oxygen atoms in total. The first-order chi connectivity index (χ1) is 16.6. The van der Waals surface area contributed by atoms with Gasteiger partial charge in [0, 0.05) is 55.7 Å². The van der Waals surface area contributed by atoms with Gasteiger partial charge in [0.1, 0.15) is 11.3 Å². The third-order valence-corrected chi connectivity index (χ3v) is 6.44. The van der Waals surface area contributed by atoms with E-state index in [-0.39, 0.29) is 12.5 Å². The summed E-state index contributed by atoms with van der Waals surface area (Å²) in [5.74, 6) is 0.805. The number of hydrogen-bond donors (Lipinski definition) is 2. The molecule has 1 amide bonds. The van der Waals surface area contributed by atoms with E-state index in [9.17, 15) is 4.79 Å². The number of aliphatic hydroxyl groups is 1. The van der Waals surface area contributed by atoms with Gasteiger partial charge in [0.15, 0.2) is 5.65 Å². The predicted octanol–water partition coefficient (Wildman–Crippen LogP) is 3.60. The lowest BCUT2D eigenvalue weighted by Crippen LogP contribution is -2.47. The van der Waals surface area contributed by atoms with Crippen molar-refractivity contribution in [3.05, 3.63) is 71.9 Å². The molecule has 0 radical (unpaired) electrons. The Bertz CT molecular complexity index is 1290. The molecule has 0 aliphatic carbocycles. The number of nitrogens with one attached hydrogen (secondary N) is 1. The minimum atomic E-state index is 0.0780. The average molecular weight is 456 g/mol. The molecule has 2 N–H and O–H groups in total. The van der Waals surface area contributed by atoms with Crippen LogP contribution in [-0.2, 0) is 6.42 Å². The summed E-state index contributed by atoms with van der Waals surface area (Å²) >= 11 is 0. The van der Waals surface area contributed by atoms with Crippen molar-refractivity contribution < 1.29 is 9.90 Å². The van der Waals surface area contributed by atoms with Crippen molar-refractivity contribution in [2.45, 2.75) is 12.8 Å². The van der Waals surface area contributed by atoms with Crippen molar-refractivity contribution in [3.63, 3.8) is 0 Å². The Balaban J connectivity index is 1.40. The Morgan fingerprint density at radius 3 is 2.59 bits per heavy atom. The molecule has 0 atom stereocenters. The zero-order chi connectivity index (χ0) is 23.5. The van der Waals surface area contributed by atoms with Gasteiger partial charge in [-0.15, -0.1) is 0 Å². The van der Waals surface area contributed by atoms with Gasteiger partial charge in [-0.05, 0) is 49.2 Å². The van der Waals surface area contributed by atoms with Crippen LogP contribution in [0.4, 0.5) is 0 Å². The molecule has 5 rings (SSSR count). The van der Waals surface area contributed by atoms with E-state index < -0.39 is 0 Å². The molecule has 0 spiro atoms. The van der Waals surface area contributed by atoms with Crippen molar-refractivity contribution in [2.75, 3.05) is 39.8 Å². The van der Waals surface area contributed by atoms with E-state index in [1.54, 1.807) is 6.20 Å². The van der Waals surface area contributed by atoms with Crippen molar-refractivity contribution >= 4 is 17.1 Å². The van der Waals surface area contributed by atoms with Crippen LogP contribution in [-0.4, -0.2) is 75.6 Å². The van der Waals surface area contributed by atoms with E-state index in [4.69, 9.17) is 10.1 Å². The van der Waals surface area contributed by atoms with Gasteiger partial charge in [-0.3, -0.25) is 4.79 Å². The predicted molar refractivity (Wildman–Crippen MR) is 134 cm³/mol. The Morgan fingerprint density at radius 1 is 1.03 bits per heavy atom. The molecule has 0 bridgehead atoms. The van der Waals surface area contributed by atoms with Gasteiger partial charge in [-0.25, -0.2) is 9.97 Å². The number of piperazine rings is 1. The summed E-state index contributed by atoms with van der Waals surface area (Å²) in [5.41, 5.74) is 6.43. The maximum atomic E-state index is 12.9. The van der Waals surface area contributed by atoms with E-state index >= 15 is 0 Å². The Hall–Kier alpha value is -3.55. The monoisotopic (exact) mass is 455 g/mol. The molecule has 1 fully saturated rings. The number of pyridine rings is 1. The molecule has 3 heterocycles. The highest BCUT2D eigenvalue weighted by atomic mass is 16.2. The number of aromatic amines is 1. The Labute approximate surface area is 199 Å². The van der Waals surface area contributed by atoms with Crippen LogP contribution < -0.4 is 0 Å². The smallest absolute Gasteiger partial charge is 0.253 e. The lowest BCUT2D eigenvalue weighted by molar-refractivity contribution is 0.0664. The van der Waals surface area contributed by atoms with Crippen LogP contribution in [0.1, 0.15) is 22.3 Å². The average Bonchev–Trinajstić information content (AvgIpc) is 3.32. The van der Waals surface area contributed by atoms with Crippen LogP contribution in [0.15, 0.2) is 60.8 Å². The van der Waals surface area contributed by atoms with Crippen molar-refractivity contribution in [1.82, 2.24) is 24.8 Å². The standard InChI is InChI=1S/C27H29N5O2/c1-31-13-15-32(16-14-31)27(34)21-9-7-20(8-10-21)25-29-24-23(11-12-28-26(24)30-25)22-6-2-4-19(18-22)5-3-17-33/h2,4,6-12,18,33H,3,5,13-17H2,1H3,(H,28,29,30). The molecule has 2 aromatic carbocycles. The summed E-state index contributed by atoms with van der Waals surface area (Å²) in [4.78, 5) is 29.7. The number of likely N-dealkylation sites (N-methyl/N-ethyl adjacent to an activating group) is 1. The van der Waals surface area contributed by atoms with Gasteiger partial charge in [0.25, 0.3) is 5.91 Å². The van der Waals surface area contributed by atoms with Crippen LogP contribution in [0.3, 0.4) is 0 Å². The molecule has 1 saturated heterocycles. The van der Waals surface area contributed by atoms with Gasteiger partial charge < -0.3 is 19.9 Å². The molecule has 0 unspecified atom stereocenters. The summed E-state index contributed by atoms with van der Waals surface area (Å²) in [6.07, 6.45) is 3.37. The van der Waals surface area contributed by atoms with Crippen molar-refractivity contribution in [1.29, 1.82) is 0 Å². The van der Waals surface area contributed by atoms with Crippen LogP contribution in [0.2, 0.25) is 0 Å². The molecular formula is C27H29N5O2. The summed E-state index contributed by atoms with van der Waals surface area (Å²) in [5, 5.41) is 9.14. The number of nitrogens with zero attached hydrogens (tertiary/aromatic N) is 4. The zero-order valence-corrected chi connectivity index (χ0v) is 19.4. The molecule has 1 aliphatic rings. The second-order valence-corrected chi connectivity index (χ2v) is 8.84. The SMILES string of the molecule is CN1CCN(C(=O)c2ccc(-c3nc4c(-c5cccc(CCCO)c5)ccnc4[nH]3)cc2)CC1. The Morgan fingerprint density at radius 2 is 1.82 bits per heavy atom. The third kappa shape index (κ3) is 4.58.